The number of quaternary nitrogens is 2. The van der Waals surface area contributed by atoms with E-state index in [-0.39, 0.29) is 24.8 Å². The molecule has 2 aromatic rings. The van der Waals surface area contributed by atoms with Crippen molar-refractivity contribution in [3.05, 3.63) is 71.8 Å². The Hall–Kier alpha value is -1.06. The minimum absolute atomic E-state index is 0. The van der Waals surface area contributed by atoms with Crippen LogP contribution in [0.1, 0.15) is 75.3 Å². The van der Waals surface area contributed by atoms with E-state index in [0.29, 0.717) is 0 Å². The van der Waals surface area contributed by atoms with Crippen LogP contribution in [0.3, 0.4) is 0 Å². The van der Waals surface area contributed by atoms with Gasteiger partial charge in [0, 0.05) is 11.1 Å². The van der Waals surface area contributed by atoms with Gasteiger partial charge in [0.1, 0.15) is 13.1 Å². The molecule has 0 aliphatic carbocycles. The van der Waals surface area contributed by atoms with Gasteiger partial charge in [0.15, 0.2) is 0 Å². The molecule has 0 atom stereocenters. The van der Waals surface area contributed by atoms with Gasteiger partial charge < -0.3 is 33.8 Å². The Morgan fingerprint density at radius 3 is 0.971 bits per heavy atom. The number of nitrogens with zero attached hydrogens (tertiary/aromatic N) is 2. The molecular formula is C30H50Cl2N2. The largest absolute Gasteiger partial charge is 1.00 e. The molecule has 194 valence electrons. The minimum atomic E-state index is 0. The summed E-state index contributed by atoms with van der Waals surface area (Å²) in [5, 5.41) is 0. The molecule has 0 heterocycles. The minimum Gasteiger partial charge on any atom is -1.00 e. The van der Waals surface area contributed by atoms with Crippen LogP contribution >= 0.6 is 0 Å². The molecule has 0 radical (unpaired) electrons. The van der Waals surface area contributed by atoms with Gasteiger partial charge in [0.25, 0.3) is 0 Å². The molecule has 0 aromatic heterocycles. The summed E-state index contributed by atoms with van der Waals surface area (Å²) in [6.45, 7) is 4.86. The lowest BCUT2D eigenvalue weighted by Gasteiger charge is -2.30. The average Bonchev–Trinajstić information content (AvgIpc) is 2.75. The third-order valence-corrected chi connectivity index (χ3v) is 6.68. The first-order valence-electron chi connectivity index (χ1n) is 13.1. The zero-order chi connectivity index (χ0) is 23.1. The van der Waals surface area contributed by atoms with Gasteiger partial charge in [-0.05, 0) is 25.7 Å². The van der Waals surface area contributed by atoms with Crippen LogP contribution in [-0.4, -0.2) is 50.2 Å². The lowest BCUT2D eigenvalue weighted by atomic mass is 10.1. The quantitative estimate of drug-likeness (QED) is 0.224. The van der Waals surface area contributed by atoms with Gasteiger partial charge in [-0.15, -0.1) is 0 Å². The monoisotopic (exact) mass is 508 g/mol. The van der Waals surface area contributed by atoms with Crippen LogP contribution in [-0.2, 0) is 13.1 Å². The number of unbranched alkanes of at least 4 members (excludes halogenated alkanes) is 9. The van der Waals surface area contributed by atoms with Crippen LogP contribution in [0, 0.1) is 0 Å². The van der Waals surface area contributed by atoms with E-state index in [4.69, 9.17) is 0 Å². The van der Waals surface area contributed by atoms with Crippen LogP contribution in [0.5, 0.6) is 0 Å². The van der Waals surface area contributed by atoms with Crippen molar-refractivity contribution in [3.8, 4) is 0 Å². The van der Waals surface area contributed by atoms with Gasteiger partial charge in [-0.1, -0.05) is 99.2 Å². The summed E-state index contributed by atoms with van der Waals surface area (Å²) >= 11 is 0. The maximum atomic E-state index is 2.37. The van der Waals surface area contributed by atoms with Crippen molar-refractivity contribution in [2.45, 2.75) is 77.3 Å². The Balaban J connectivity index is 0.00000544. The zero-order valence-electron chi connectivity index (χ0n) is 22.3. The maximum Gasteiger partial charge on any atom is 0.104 e. The third-order valence-electron chi connectivity index (χ3n) is 6.68. The summed E-state index contributed by atoms with van der Waals surface area (Å²) in [7, 11) is 9.48. The molecule has 2 rings (SSSR count). The number of benzene rings is 2. The van der Waals surface area contributed by atoms with Crippen LogP contribution in [0.4, 0.5) is 0 Å². The molecule has 0 fully saturated rings. The van der Waals surface area contributed by atoms with Crippen molar-refractivity contribution < 1.29 is 33.8 Å². The van der Waals surface area contributed by atoms with E-state index in [1.807, 2.05) is 0 Å². The summed E-state index contributed by atoms with van der Waals surface area (Å²) in [5.41, 5.74) is 2.91. The Kier molecular flexibility index (Phi) is 17.7. The normalized spacial score (nSPS) is 11.5. The van der Waals surface area contributed by atoms with E-state index in [2.05, 4.69) is 88.9 Å². The highest BCUT2D eigenvalue weighted by atomic mass is 35.5. The first-order valence-corrected chi connectivity index (χ1v) is 13.1. The molecule has 0 aliphatic heterocycles. The van der Waals surface area contributed by atoms with Crippen LogP contribution < -0.4 is 24.8 Å². The van der Waals surface area contributed by atoms with Gasteiger partial charge in [0.05, 0.1) is 41.3 Å². The van der Waals surface area contributed by atoms with E-state index in [9.17, 15) is 0 Å². The predicted octanol–water partition coefficient (Wildman–Crippen LogP) is 1.45. The smallest absolute Gasteiger partial charge is 0.104 e. The summed E-state index contributed by atoms with van der Waals surface area (Å²) in [6, 6.07) is 21.9. The second kappa shape index (κ2) is 18.2. The van der Waals surface area contributed by atoms with E-state index < -0.39 is 0 Å². The van der Waals surface area contributed by atoms with Crippen molar-refractivity contribution in [2.24, 2.45) is 0 Å². The molecule has 0 bridgehead atoms. The van der Waals surface area contributed by atoms with Gasteiger partial charge in [-0.2, -0.15) is 0 Å². The predicted molar refractivity (Wildman–Crippen MR) is 140 cm³/mol. The summed E-state index contributed by atoms with van der Waals surface area (Å²) in [4.78, 5) is 0. The second-order valence-corrected chi connectivity index (χ2v) is 11.1. The number of halogens is 2. The SMILES string of the molecule is C[N+](C)(CCCCCCCCCCCC[N+](C)(C)Cc1ccccc1)Cc1ccccc1.[Cl-].[Cl-]. The number of rotatable bonds is 17. The van der Waals surface area contributed by atoms with Crippen LogP contribution in [0.25, 0.3) is 0 Å². The molecule has 0 N–H and O–H groups in total. The number of hydrogen-bond donors (Lipinski definition) is 0. The Bertz CT molecular complexity index is 654. The second-order valence-electron chi connectivity index (χ2n) is 11.1. The first kappa shape index (κ1) is 32.9. The molecule has 34 heavy (non-hydrogen) atoms. The van der Waals surface area contributed by atoms with Crippen molar-refractivity contribution >= 4 is 0 Å². The topological polar surface area (TPSA) is 0 Å². The van der Waals surface area contributed by atoms with Gasteiger partial charge in [-0.25, -0.2) is 0 Å². The fourth-order valence-electron chi connectivity index (χ4n) is 4.81. The molecule has 0 unspecified atom stereocenters. The fraction of sp³-hybridized carbons (Fsp3) is 0.600. The van der Waals surface area contributed by atoms with E-state index >= 15 is 0 Å². The molecular weight excluding hydrogens is 459 g/mol. The third kappa shape index (κ3) is 15.8. The molecule has 2 nitrogen and oxygen atoms in total. The van der Waals surface area contributed by atoms with Crippen molar-refractivity contribution in [3.63, 3.8) is 0 Å². The first-order chi connectivity index (χ1) is 15.4. The standard InChI is InChI=1S/C30H50N2.2ClH/c1-31(2,27-29-21-15-13-16-22-29)25-19-11-9-7-5-6-8-10-12-20-26-32(3,4)28-30-23-17-14-18-24-30;;/h13-18,21-24H,5-12,19-20,25-28H2,1-4H3;2*1H/q+2;;/p-2. The molecule has 0 amide bonds. The van der Waals surface area contributed by atoms with Crippen LogP contribution in [0.15, 0.2) is 60.7 Å². The van der Waals surface area contributed by atoms with Crippen molar-refractivity contribution in [1.82, 2.24) is 0 Å². The summed E-state index contributed by atoms with van der Waals surface area (Å²) in [6.07, 6.45) is 14.0. The zero-order valence-corrected chi connectivity index (χ0v) is 23.8. The van der Waals surface area contributed by atoms with Crippen LogP contribution in [0.2, 0.25) is 0 Å². The van der Waals surface area contributed by atoms with Gasteiger partial charge in [0.2, 0.25) is 0 Å². The highest BCUT2D eigenvalue weighted by molar-refractivity contribution is 5.14. The fourth-order valence-corrected chi connectivity index (χ4v) is 4.81. The lowest BCUT2D eigenvalue weighted by molar-refractivity contribution is -0.903. The lowest BCUT2D eigenvalue weighted by Crippen LogP contribution is -3.00. The molecule has 4 heteroatoms. The van der Waals surface area contributed by atoms with E-state index in [1.54, 1.807) is 0 Å². The molecule has 2 aromatic carbocycles. The van der Waals surface area contributed by atoms with Crippen molar-refractivity contribution in [2.75, 3.05) is 41.3 Å². The van der Waals surface area contributed by atoms with Crippen molar-refractivity contribution in [1.29, 1.82) is 0 Å². The Morgan fingerprint density at radius 1 is 0.412 bits per heavy atom. The average molecular weight is 510 g/mol. The Morgan fingerprint density at radius 2 is 0.676 bits per heavy atom. The molecule has 0 saturated carbocycles. The maximum absolute atomic E-state index is 2.37. The number of hydrogen-bond acceptors (Lipinski definition) is 0. The highest BCUT2D eigenvalue weighted by Crippen LogP contribution is 2.15. The summed E-state index contributed by atoms with van der Waals surface area (Å²) in [5.74, 6) is 0. The molecule has 0 aliphatic rings. The molecule has 0 saturated heterocycles. The van der Waals surface area contributed by atoms with E-state index in [1.165, 1.54) is 88.4 Å². The van der Waals surface area contributed by atoms with Gasteiger partial charge >= 0.3 is 0 Å². The molecule has 0 spiro atoms. The van der Waals surface area contributed by atoms with Gasteiger partial charge in [-0.3, -0.25) is 0 Å². The van der Waals surface area contributed by atoms with E-state index in [0.717, 1.165) is 22.1 Å². The highest BCUT2D eigenvalue weighted by Gasteiger charge is 2.16. The summed E-state index contributed by atoms with van der Waals surface area (Å²) < 4.78 is 2.20. The Labute approximate surface area is 223 Å².